The zero-order valence-electron chi connectivity index (χ0n) is 13.1. The van der Waals surface area contributed by atoms with Gasteiger partial charge in [-0.3, -0.25) is 4.90 Å². The number of rotatable bonds is 4. The van der Waals surface area contributed by atoms with E-state index in [0.29, 0.717) is 16.6 Å². The Balaban J connectivity index is 0.00000242. The lowest BCUT2D eigenvalue weighted by molar-refractivity contribution is 0.0600. The molecule has 0 saturated carbocycles. The minimum absolute atomic E-state index is 0. The fourth-order valence-electron chi connectivity index (χ4n) is 2.78. The summed E-state index contributed by atoms with van der Waals surface area (Å²) in [6.07, 6.45) is 3.54. The molecule has 1 saturated heterocycles. The first-order chi connectivity index (χ1) is 10.1. The predicted molar refractivity (Wildman–Crippen MR) is 92.0 cm³/mol. The van der Waals surface area contributed by atoms with Gasteiger partial charge in [-0.2, -0.15) is 0 Å². The van der Waals surface area contributed by atoms with Gasteiger partial charge in [-0.25, -0.2) is 4.79 Å². The Hall–Kier alpha value is -0.810. The van der Waals surface area contributed by atoms with Gasteiger partial charge in [0, 0.05) is 17.6 Å². The van der Waals surface area contributed by atoms with Gasteiger partial charge in [0.05, 0.1) is 12.7 Å². The van der Waals surface area contributed by atoms with Gasteiger partial charge in [0.15, 0.2) is 0 Å². The monoisotopic (exact) mass is 346 g/mol. The Labute approximate surface area is 143 Å². The van der Waals surface area contributed by atoms with Gasteiger partial charge >= 0.3 is 5.97 Å². The standard InChI is InChI=1S/C16H23ClN2O2.ClH/c1-19(14-4-3-8-18-9-7-14)11-13-10-12(16(20)21-2)5-6-15(13)17;/h5-6,10,14,18H,3-4,7-9,11H2,1-2H3;1H. The molecular formula is C16H24Cl2N2O2. The number of halogens is 2. The van der Waals surface area contributed by atoms with Crippen LogP contribution >= 0.6 is 24.0 Å². The van der Waals surface area contributed by atoms with E-state index in [-0.39, 0.29) is 18.4 Å². The summed E-state index contributed by atoms with van der Waals surface area (Å²) in [5.74, 6) is -0.325. The summed E-state index contributed by atoms with van der Waals surface area (Å²) in [5, 5.41) is 4.12. The predicted octanol–water partition coefficient (Wildman–Crippen LogP) is 3.12. The third kappa shape index (κ3) is 5.13. The van der Waals surface area contributed by atoms with Gasteiger partial charge in [0.2, 0.25) is 0 Å². The molecule has 1 fully saturated rings. The zero-order valence-corrected chi connectivity index (χ0v) is 14.7. The molecule has 1 N–H and O–H groups in total. The number of benzene rings is 1. The Bertz CT molecular complexity index is 489. The van der Waals surface area contributed by atoms with Crippen LogP contribution in [0.1, 0.15) is 35.2 Å². The van der Waals surface area contributed by atoms with E-state index in [1.165, 1.54) is 20.0 Å². The maximum atomic E-state index is 11.6. The molecule has 2 rings (SSSR count). The minimum atomic E-state index is -0.325. The van der Waals surface area contributed by atoms with Crippen LogP contribution in [0.25, 0.3) is 0 Å². The van der Waals surface area contributed by atoms with Crippen molar-refractivity contribution < 1.29 is 9.53 Å². The molecule has 1 aromatic carbocycles. The van der Waals surface area contributed by atoms with Crippen molar-refractivity contribution in [2.24, 2.45) is 0 Å². The maximum absolute atomic E-state index is 11.6. The molecule has 0 spiro atoms. The quantitative estimate of drug-likeness (QED) is 0.850. The number of ether oxygens (including phenoxy) is 1. The number of hydrogen-bond donors (Lipinski definition) is 1. The summed E-state index contributed by atoms with van der Waals surface area (Å²) in [6.45, 7) is 2.90. The van der Waals surface area contributed by atoms with Gasteiger partial charge < -0.3 is 10.1 Å². The van der Waals surface area contributed by atoms with Crippen LogP contribution in [-0.4, -0.2) is 44.2 Å². The van der Waals surface area contributed by atoms with Crippen LogP contribution in [0.15, 0.2) is 18.2 Å². The van der Waals surface area contributed by atoms with Crippen molar-refractivity contribution in [2.75, 3.05) is 27.2 Å². The molecule has 0 aliphatic carbocycles. The number of hydrogen-bond acceptors (Lipinski definition) is 4. The second kappa shape index (κ2) is 9.36. The maximum Gasteiger partial charge on any atom is 0.337 e. The molecule has 0 aromatic heterocycles. The summed E-state index contributed by atoms with van der Waals surface area (Å²) in [5.41, 5.74) is 1.52. The normalized spacial score (nSPS) is 18.5. The van der Waals surface area contributed by atoms with E-state index in [2.05, 4.69) is 17.3 Å². The molecule has 124 valence electrons. The zero-order chi connectivity index (χ0) is 15.2. The van der Waals surface area contributed by atoms with E-state index in [4.69, 9.17) is 16.3 Å². The first kappa shape index (κ1) is 19.2. The van der Waals surface area contributed by atoms with E-state index >= 15 is 0 Å². The average molecular weight is 347 g/mol. The molecule has 0 radical (unpaired) electrons. The lowest BCUT2D eigenvalue weighted by Crippen LogP contribution is -2.32. The molecule has 0 amide bonds. The first-order valence-corrected chi connectivity index (χ1v) is 7.77. The molecule has 1 heterocycles. The summed E-state index contributed by atoms with van der Waals surface area (Å²) in [4.78, 5) is 14.0. The van der Waals surface area contributed by atoms with Crippen molar-refractivity contribution >= 4 is 30.0 Å². The Morgan fingerprint density at radius 3 is 2.91 bits per heavy atom. The summed E-state index contributed by atoms with van der Waals surface area (Å²) >= 11 is 6.27. The van der Waals surface area contributed by atoms with Crippen molar-refractivity contribution in [1.82, 2.24) is 10.2 Å². The Morgan fingerprint density at radius 2 is 2.18 bits per heavy atom. The third-order valence-corrected chi connectivity index (χ3v) is 4.42. The van der Waals surface area contributed by atoms with Gasteiger partial charge in [0.1, 0.15) is 0 Å². The van der Waals surface area contributed by atoms with Crippen LogP contribution in [0, 0.1) is 0 Å². The van der Waals surface area contributed by atoms with Crippen molar-refractivity contribution in [3.8, 4) is 0 Å². The highest BCUT2D eigenvalue weighted by atomic mass is 35.5. The van der Waals surface area contributed by atoms with Gasteiger partial charge in [-0.05, 0) is 63.2 Å². The molecule has 1 aliphatic heterocycles. The summed E-state index contributed by atoms with van der Waals surface area (Å²) in [7, 11) is 3.51. The highest BCUT2D eigenvalue weighted by molar-refractivity contribution is 6.31. The van der Waals surface area contributed by atoms with Crippen LogP contribution in [-0.2, 0) is 11.3 Å². The lowest BCUT2D eigenvalue weighted by Gasteiger charge is -2.27. The largest absolute Gasteiger partial charge is 0.465 e. The average Bonchev–Trinajstić information content (AvgIpc) is 2.77. The number of nitrogens with one attached hydrogen (secondary N) is 1. The second-order valence-electron chi connectivity index (χ2n) is 5.55. The number of carbonyl (C=O) groups is 1. The van der Waals surface area contributed by atoms with Crippen LogP contribution < -0.4 is 5.32 Å². The van der Waals surface area contributed by atoms with Gasteiger partial charge in [-0.15, -0.1) is 12.4 Å². The van der Waals surface area contributed by atoms with Crippen molar-refractivity contribution in [2.45, 2.75) is 31.8 Å². The molecule has 1 aromatic rings. The third-order valence-electron chi connectivity index (χ3n) is 4.06. The SMILES string of the molecule is COC(=O)c1ccc(Cl)c(CN(C)C2CCCNCC2)c1.Cl. The fourth-order valence-corrected chi connectivity index (χ4v) is 2.96. The lowest BCUT2D eigenvalue weighted by atomic mass is 10.1. The van der Waals surface area contributed by atoms with E-state index in [1.54, 1.807) is 12.1 Å². The smallest absolute Gasteiger partial charge is 0.337 e. The second-order valence-corrected chi connectivity index (χ2v) is 5.95. The Kier molecular flexibility index (Phi) is 8.18. The topological polar surface area (TPSA) is 41.6 Å². The molecule has 4 nitrogen and oxygen atoms in total. The highest BCUT2D eigenvalue weighted by Crippen LogP contribution is 2.22. The van der Waals surface area contributed by atoms with Crippen LogP contribution in [0.3, 0.4) is 0 Å². The van der Waals surface area contributed by atoms with Crippen LogP contribution in [0.2, 0.25) is 5.02 Å². The van der Waals surface area contributed by atoms with Gasteiger partial charge in [-0.1, -0.05) is 11.6 Å². The number of methoxy groups -OCH3 is 1. The molecule has 6 heteroatoms. The summed E-state index contributed by atoms with van der Waals surface area (Å²) < 4.78 is 4.77. The molecule has 22 heavy (non-hydrogen) atoms. The number of carbonyl (C=O) groups excluding carboxylic acids is 1. The minimum Gasteiger partial charge on any atom is -0.465 e. The molecule has 1 unspecified atom stereocenters. The number of nitrogens with zero attached hydrogens (tertiary/aromatic N) is 1. The Morgan fingerprint density at radius 1 is 1.41 bits per heavy atom. The van der Waals surface area contributed by atoms with E-state index < -0.39 is 0 Å². The van der Waals surface area contributed by atoms with E-state index in [9.17, 15) is 4.79 Å². The highest BCUT2D eigenvalue weighted by Gasteiger charge is 2.18. The molecule has 1 atom stereocenters. The first-order valence-electron chi connectivity index (χ1n) is 7.39. The molecular weight excluding hydrogens is 323 g/mol. The van der Waals surface area contributed by atoms with Crippen LogP contribution in [0.4, 0.5) is 0 Å². The van der Waals surface area contributed by atoms with E-state index in [1.807, 2.05) is 6.07 Å². The van der Waals surface area contributed by atoms with Crippen LogP contribution in [0.5, 0.6) is 0 Å². The number of esters is 1. The van der Waals surface area contributed by atoms with Gasteiger partial charge in [0.25, 0.3) is 0 Å². The van der Waals surface area contributed by atoms with Crippen molar-refractivity contribution in [3.63, 3.8) is 0 Å². The van der Waals surface area contributed by atoms with E-state index in [0.717, 1.165) is 31.6 Å². The van der Waals surface area contributed by atoms with Crippen molar-refractivity contribution in [3.05, 3.63) is 34.3 Å². The molecule has 1 aliphatic rings. The fraction of sp³-hybridized carbons (Fsp3) is 0.562. The van der Waals surface area contributed by atoms with Crippen molar-refractivity contribution in [1.29, 1.82) is 0 Å². The molecule has 0 bridgehead atoms. The summed E-state index contributed by atoms with van der Waals surface area (Å²) in [6, 6.07) is 5.86.